The molecular weight excluding hydrogens is 276 g/mol. The zero-order chi connectivity index (χ0) is 14.5. The van der Waals surface area contributed by atoms with Crippen LogP contribution in [0.4, 0.5) is 0 Å². The van der Waals surface area contributed by atoms with E-state index in [9.17, 15) is 9.90 Å². The minimum atomic E-state index is -0.874. The number of amides is 1. The van der Waals surface area contributed by atoms with Gasteiger partial charge in [-0.2, -0.15) is 0 Å². The Hall–Kier alpha value is -1.10. The van der Waals surface area contributed by atoms with E-state index in [1.165, 1.54) is 0 Å². The summed E-state index contributed by atoms with van der Waals surface area (Å²) >= 11 is 0. The number of hydrogen-bond donors (Lipinski definition) is 3. The predicted molar refractivity (Wildman–Crippen MR) is 83.9 cm³/mol. The number of carbonyl (C=O) groups is 1. The summed E-state index contributed by atoms with van der Waals surface area (Å²) < 4.78 is 0. The first-order valence-electron chi connectivity index (χ1n) is 6.68. The molecule has 4 N–H and O–H groups in total. The summed E-state index contributed by atoms with van der Waals surface area (Å²) in [4.78, 5) is 11.9. The van der Waals surface area contributed by atoms with Crippen molar-refractivity contribution in [1.82, 2.24) is 5.32 Å². The second kappa shape index (κ2) is 8.25. The monoisotopic (exact) mass is 300 g/mol. The molecule has 0 heterocycles. The number of benzene rings is 1. The van der Waals surface area contributed by atoms with E-state index in [0.29, 0.717) is 6.42 Å². The predicted octanol–water partition coefficient (Wildman–Crippen LogP) is 2.08. The molecule has 0 aliphatic rings. The van der Waals surface area contributed by atoms with Crippen LogP contribution in [-0.4, -0.2) is 23.1 Å². The molecule has 1 rings (SSSR count). The normalized spacial score (nSPS) is 14.8. The second-order valence-corrected chi connectivity index (χ2v) is 5.31. The molecule has 0 bridgehead atoms. The Morgan fingerprint density at radius 1 is 1.50 bits per heavy atom. The van der Waals surface area contributed by atoms with Gasteiger partial charge in [0.25, 0.3) is 0 Å². The van der Waals surface area contributed by atoms with Crippen LogP contribution >= 0.6 is 12.4 Å². The number of rotatable bonds is 6. The average Bonchev–Trinajstić information content (AvgIpc) is 2.35. The van der Waals surface area contributed by atoms with Gasteiger partial charge < -0.3 is 16.2 Å². The molecule has 0 aromatic heterocycles. The summed E-state index contributed by atoms with van der Waals surface area (Å²) in [5, 5.41) is 12.7. The van der Waals surface area contributed by atoms with Gasteiger partial charge in [-0.1, -0.05) is 43.2 Å². The van der Waals surface area contributed by atoms with Gasteiger partial charge in [-0.3, -0.25) is 4.79 Å². The first-order valence-corrected chi connectivity index (χ1v) is 6.68. The van der Waals surface area contributed by atoms with E-state index in [4.69, 9.17) is 5.73 Å². The van der Waals surface area contributed by atoms with Crippen molar-refractivity contribution < 1.29 is 9.90 Å². The van der Waals surface area contributed by atoms with Crippen LogP contribution in [0.1, 0.15) is 43.9 Å². The fraction of sp³-hybridized carbons (Fsp3) is 0.533. The average molecular weight is 301 g/mol. The standard InChI is InChI=1S/C15H24N2O2.ClH/c1-4-8-15(3,16)14(19)17-10-13(18)12-7-5-6-11(2)9-12;/h5-7,9,13,18H,4,8,10,16H2,1-3H3,(H,17,19);1H. The molecule has 5 heteroatoms. The highest BCUT2D eigenvalue weighted by molar-refractivity contribution is 5.85. The van der Waals surface area contributed by atoms with Crippen LogP contribution in [0, 0.1) is 6.92 Å². The number of carbonyl (C=O) groups excluding carboxylic acids is 1. The van der Waals surface area contributed by atoms with Crippen molar-refractivity contribution in [3.63, 3.8) is 0 Å². The molecule has 0 saturated carbocycles. The van der Waals surface area contributed by atoms with E-state index < -0.39 is 11.6 Å². The van der Waals surface area contributed by atoms with E-state index in [1.54, 1.807) is 6.92 Å². The molecule has 0 saturated heterocycles. The summed E-state index contributed by atoms with van der Waals surface area (Å²) in [7, 11) is 0. The molecule has 4 nitrogen and oxygen atoms in total. The van der Waals surface area contributed by atoms with Gasteiger partial charge >= 0.3 is 0 Å². The van der Waals surface area contributed by atoms with Gasteiger partial charge in [-0.05, 0) is 25.8 Å². The van der Waals surface area contributed by atoms with Gasteiger partial charge in [0.2, 0.25) is 5.91 Å². The van der Waals surface area contributed by atoms with Crippen molar-refractivity contribution in [3.05, 3.63) is 35.4 Å². The van der Waals surface area contributed by atoms with Gasteiger partial charge in [0, 0.05) is 6.54 Å². The number of hydrogen-bond acceptors (Lipinski definition) is 3. The van der Waals surface area contributed by atoms with Gasteiger partial charge in [-0.25, -0.2) is 0 Å². The Kier molecular flexibility index (Phi) is 7.79. The highest BCUT2D eigenvalue weighted by Crippen LogP contribution is 2.14. The first kappa shape index (κ1) is 18.9. The number of nitrogens with two attached hydrogens (primary N) is 1. The summed E-state index contributed by atoms with van der Waals surface area (Å²) in [6.07, 6.45) is 0.765. The third-order valence-electron chi connectivity index (χ3n) is 3.17. The number of aliphatic hydroxyl groups is 1. The Morgan fingerprint density at radius 2 is 2.15 bits per heavy atom. The first-order chi connectivity index (χ1) is 8.86. The van der Waals surface area contributed by atoms with Crippen molar-refractivity contribution >= 4 is 18.3 Å². The summed E-state index contributed by atoms with van der Waals surface area (Å²) in [6, 6.07) is 7.61. The molecule has 20 heavy (non-hydrogen) atoms. The zero-order valence-corrected chi connectivity index (χ0v) is 13.2. The molecule has 114 valence electrons. The third-order valence-corrected chi connectivity index (χ3v) is 3.17. The molecule has 2 atom stereocenters. The molecule has 0 fully saturated rings. The number of nitrogens with one attached hydrogen (secondary N) is 1. The second-order valence-electron chi connectivity index (χ2n) is 5.31. The quantitative estimate of drug-likeness (QED) is 0.753. The van der Waals surface area contributed by atoms with Crippen molar-refractivity contribution in [1.29, 1.82) is 0 Å². The van der Waals surface area contributed by atoms with E-state index in [1.807, 2.05) is 38.1 Å². The third kappa shape index (κ3) is 5.49. The molecule has 0 aliphatic carbocycles. The van der Waals surface area contributed by atoms with E-state index >= 15 is 0 Å². The summed E-state index contributed by atoms with van der Waals surface area (Å²) in [6.45, 7) is 5.84. The maximum Gasteiger partial charge on any atom is 0.239 e. The lowest BCUT2D eigenvalue weighted by molar-refractivity contribution is -0.126. The molecule has 1 aromatic rings. The van der Waals surface area contributed by atoms with Crippen LogP contribution in [0.25, 0.3) is 0 Å². The molecular formula is C15H25ClN2O2. The maximum absolute atomic E-state index is 11.9. The maximum atomic E-state index is 11.9. The van der Waals surface area contributed by atoms with Crippen LogP contribution in [0.15, 0.2) is 24.3 Å². The lowest BCUT2D eigenvalue weighted by Gasteiger charge is -2.23. The van der Waals surface area contributed by atoms with Crippen molar-refractivity contribution in [2.24, 2.45) is 5.73 Å². The van der Waals surface area contributed by atoms with E-state index in [2.05, 4.69) is 5.32 Å². The van der Waals surface area contributed by atoms with Crippen molar-refractivity contribution in [2.75, 3.05) is 6.54 Å². The minimum absolute atomic E-state index is 0. The van der Waals surface area contributed by atoms with Crippen LogP contribution in [0.5, 0.6) is 0 Å². The molecule has 2 unspecified atom stereocenters. The Labute approximate surface area is 127 Å². The Bertz CT molecular complexity index is 436. The summed E-state index contributed by atoms with van der Waals surface area (Å²) in [5.74, 6) is -0.221. The highest BCUT2D eigenvalue weighted by atomic mass is 35.5. The smallest absolute Gasteiger partial charge is 0.239 e. The number of aliphatic hydroxyl groups excluding tert-OH is 1. The van der Waals surface area contributed by atoms with E-state index in [-0.39, 0.29) is 24.9 Å². The topological polar surface area (TPSA) is 75.4 Å². The number of halogens is 1. The molecule has 1 aromatic carbocycles. The lowest BCUT2D eigenvalue weighted by Crippen LogP contribution is -2.52. The van der Waals surface area contributed by atoms with Crippen molar-refractivity contribution in [3.8, 4) is 0 Å². The van der Waals surface area contributed by atoms with E-state index in [0.717, 1.165) is 17.5 Å². The van der Waals surface area contributed by atoms with Gasteiger partial charge in [0.05, 0.1) is 11.6 Å². The Balaban J connectivity index is 0.00000361. The van der Waals surface area contributed by atoms with Crippen molar-refractivity contribution in [2.45, 2.75) is 45.3 Å². The molecule has 0 aliphatic heterocycles. The SMILES string of the molecule is CCCC(C)(N)C(=O)NCC(O)c1cccc(C)c1.Cl. The highest BCUT2D eigenvalue weighted by Gasteiger charge is 2.27. The van der Waals surface area contributed by atoms with Crippen LogP contribution in [-0.2, 0) is 4.79 Å². The van der Waals surface area contributed by atoms with Gasteiger partial charge in [0.1, 0.15) is 0 Å². The van der Waals surface area contributed by atoms with Crippen LogP contribution in [0.2, 0.25) is 0 Å². The fourth-order valence-corrected chi connectivity index (χ4v) is 2.02. The molecule has 0 radical (unpaired) electrons. The lowest BCUT2D eigenvalue weighted by atomic mass is 9.96. The Morgan fingerprint density at radius 3 is 2.70 bits per heavy atom. The summed E-state index contributed by atoms with van der Waals surface area (Å²) in [5.41, 5.74) is 6.93. The van der Waals surface area contributed by atoms with Crippen LogP contribution < -0.4 is 11.1 Å². The van der Waals surface area contributed by atoms with Crippen LogP contribution in [0.3, 0.4) is 0 Å². The van der Waals surface area contributed by atoms with Gasteiger partial charge in [-0.15, -0.1) is 12.4 Å². The van der Waals surface area contributed by atoms with Gasteiger partial charge in [0.15, 0.2) is 0 Å². The largest absolute Gasteiger partial charge is 0.387 e. The fourth-order valence-electron chi connectivity index (χ4n) is 2.02. The number of aryl methyl sites for hydroxylation is 1. The molecule has 0 spiro atoms. The zero-order valence-electron chi connectivity index (χ0n) is 12.3. The minimum Gasteiger partial charge on any atom is -0.387 e. The molecule has 1 amide bonds.